The Kier molecular flexibility index (Phi) is 6.46. The van der Waals surface area contributed by atoms with E-state index in [0.29, 0.717) is 12.1 Å². The minimum Gasteiger partial charge on any atom is -0.305 e. The quantitative estimate of drug-likeness (QED) is 0.831. The molecule has 1 aromatic rings. The Hall–Kier alpha value is -0.450. The van der Waals surface area contributed by atoms with Crippen LogP contribution in [0.1, 0.15) is 57.5 Å². The lowest BCUT2D eigenvalue weighted by atomic mass is 9.89. The number of rotatable bonds is 7. The summed E-state index contributed by atoms with van der Waals surface area (Å²) in [6.07, 6.45) is 6.98. The van der Waals surface area contributed by atoms with Gasteiger partial charge in [-0.3, -0.25) is 0 Å². The van der Waals surface area contributed by atoms with E-state index in [-0.39, 0.29) is 0 Å². The van der Waals surface area contributed by atoms with E-state index in [2.05, 4.69) is 41.4 Å². The summed E-state index contributed by atoms with van der Waals surface area (Å²) in [5, 5.41) is 7.13. The van der Waals surface area contributed by atoms with Crippen LogP contribution in [0.25, 0.3) is 0 Å². The van der Waals surface area contributed by atoms with Gasteiger partial charge in [0.05, 0.1) is 6.04 Å². The Morgan fingerprint density at radius 2 is 2.15 bits per heavy atom. The topological polar surface area (TPSA) is 28.2 Å². The predicted octanol–water partition coefficient (Wildman–Crippen LogP) is 3.69. The SMILES string of the molecule is CCCN1CCC(C(C)NC(CC)c2nccs2)CC1. The van der Waals surface area contributed by atoms with Crippen LogP contribution in [-0.4, -0.2) is 35.6 Å². The second-order valence-electron chi connectivity index (χ2n) is 5.97. The van der Waals surface area contributed by atoms with Crippen molar-refractivity contribution in [3.63, 3.8) is 0 Å². The zero-order chi connectivity index (χ0) is 14.4. The fourth-order valence-electron chi connectivity index (χ4n) is 3.22. The molecule has 3 nitrogen and oxygen atoms in total. The van der Waals surface area contributed by atoms with Gasteiger partial charge in [-0.1, -0.05) is 13.8 Å². The molecule has 1 fully saturated rings. The van der Waals surface area contributed by atoms with Gasteiger partial charge in [0.25, 0.3) is 0 Å². The van der Waals surface area contributed by atoms with Crippen LogP contribution in [0.4, 0.5) is 0 Å². The molecule has 2 rings (SSSR count). The molecular formula is C16H29N3S. The summed E-state index contributed by atoms with van der Waals surface area (Å²) in [6, 6.07) is 1.02. The molecule has 0 bridgehead atoms. The summed E-state index contributed by atoms with van der Waals surface area (Å²) < 4.78 is 0. The van der Waals surface area contributed by atoms with Crippen molar-refractivity contribution in [2.45, 2.75) is 58.5 Å². The molecule has 0 spiro atoms. The van der Waals surface area contributed by atoms with Crippen LogP contribution >= 0.6 is 11.3 Å². The molecule has 0 saturated carbocycles. The van der Waals surface area contributed by atoms with E-state index in [1.54, 1.807) is 11.3 Å². The predicted molar refractivity (Wildman–Crippen MR) is 87.2 cm³/mol. The molecule has 114 valence electrons. The van der Waals surface area contributed by atoms with Crippen LogP contribution in [-0.2, 0) is 0 Å². The third kappa shape index (κ3) is 4.27. The van der Waals surface area contributed by atoms with E-state index >= 15 is 0 Å². The van der Waals surface area contributed by atoms with E-state index in [1.165, 1.54) is 43.9 Å². The number of hydrogen-bond acceptors (Lipinski definition) is 4. The third-order valence-electron chi connectivity index (χ3n) is 4.50. The molecule has 1 aliphatic heterocycles. The van der Waals surface area contributed by atoms with Crippen molar-refractivity contribution in [2.24, 2.45) is 5.92 Å². The molecule has 2 atom stereocenters. The minimum atomic E-state index is 0.429. The van der Waals surface area contributed by atoms with Crippen LogP contribution in [0.15, 0.2) is 11.6 Å². The molecule has 0 amide bonds. The molecule has 4 heteroatoms. The third-order valence-corrected chi connectivity index (χ3v) is 5.39. The van der Waals surface area contributed by atoms with E-state index < -0.39 is 0 Å². The Bertz CT molecular complexity index is 358. The van der Waals surface area contributed by atoms with E-state index in [0.717, 1.165) is 12.3 Å². The summed E-state index contributed by atoms with van der Waals surface area (Å²) in [5.41, 5.74) is 0. The molecule has 2 unspecified atom stereocenters. The van der Waals surface area contributed by atoms with Gasteiger partial charge in [-0.15, -0.1) is 11.3 Å². The monoisotopic (exact) mass is 295 g/mol. The fourth-order valence-corrected chi connectivity index (χ4v) is 4.00. The highest BCUT2D eigenvalue weighted by Gasteiger charge is 2.25. The molecule has 0 aliphatic carbocycles. The highest BCUT2D eigenvalue weighted by molar-refractivity contribution is 7.09. The standard InChI is InChI=1S/C16H29N3S/c1-4-9-19-10-6-14(7-11-19)13(3)18-15(5-2)16-17-8-12-20-16/h8,12-15,18H,4-7,9-11H2,1-3H3. The highest BCUT2D eigenvalue weighted by atomic mass is 32.1. The summed E-state index contributed by atoms with van der Waals surface area (Å²) in [5.74, 6) is 0.817. The molecule has 1 aliphatic rings. The van der Waals surface area contributed by atoms with Crippen molar-refractivity contribution in [3.05, 3.63) is 16.6 Å². The normalized spacial score (nSPS) is 20.9. The molecule has 0 radical (unpaired) electrons. The molecule has 0 aromatic carbocycles. The van der Waals surface area contributed by atoms with Crippen molar-refractivity contribution in [3.8, 4) is 0 Å². The molecular weight excluding hydrogens is 266 g/mol. The van der Waals surface area contributed by atoms with E-state index in [1.807, 2.05) is 6.20 Å². The first kappa shape index (κ1) is 15.9. The van der Waals surface area contributed by atoms with Gasteiger partial charge in [0.15, 0.2) is 0 Å². The van der Waals surface area contributed by atoms with Gasteiger partial charge in [-0.2, -0.15) is 0 Å². The first-order valence-electron chi connectivity index (χ1n) is 8.12. The van der Waals surface area contributed by atoms with Crippen molar-refractivity contribution in [1.29, 1.82) is 0 Å². The van der Waals surface area contributed by atoms with E-state index in [4.69, 9.17) is 0 Å². The number of aromatic nitrogens is 1. The zero-order valence-corrected chi connectivity index (χ0v) is 14.0. The lowest BCUT2D eigenvalue weighted by Gasteiger charge is -2.36. The van der Waals surface area contributed by atoms with Gasteiger partial charge >= 0.3 is 0 Å². The zero-order valence-electron chi connectivity index (χ0n) is 13.1. The second-order valence-corrected chi connectivity index (χ2v) is 6.89. The van der Waals surface area contributed by atoms with Crippen LogP contribution < -0.4 is 5.32 Å². The van der Waals surface area contributed by atoms with Crippen LogP contribution in [0.5, 0.6) is 0 Å². The lowest BCUT2D eigenvalue weighted by molar-refractivity contribution is 0.158. The van der Waals surface area contributed by atoms with Crippen molar-refractivity contribution < 1.29 is 0 Å². The average molecular weight is 295 g/mol. The second kappa shape index (κ2) is 8.11. The summed E-state index contributed by atoms with van der Waals surface area (Å²) in [6.45, 7) is 10.7. The number of likely N-dealkylation sites (tertiary alicyclic amines) is 1. The molecule has 1 saturated heterocycles. The smallest absolute Gasteiger partial charge is 0.109 e. The van der Waals surface area contributed by atoms with Gasteiger partial charge in [0.2, 0.25) is 0 Å². The Balaban J connectivity index is 1.81. The molecule has 20 heavy (non-hydrogen) atoms. The fraction of sp³-hybridized carbons (Fsp3) is 0.812. The number of nitrogens with one attached hydrogen (secondary N) is 1. The lowest BCUT2D eigenvalue weighted by Crippen LogP contribution is -2.43. The number of thiazole rings is 1. The maximum atomic E-state index is 4.47. The summed E-state index contributed by atoms with van der Waals surface area (Å²) >= 11 is 1.77. The number of piperidine rings is 1. The largest absolute Gasteiger partial charge is 0.305 e. The number of nitrogens with zero attached hydrogens (tertiary/aromatic N) is 2. The number of hydrogen-bond donors (Lipinski definition) is 1. The van der Waals surface area contributed by atoms with Crippen molar-refractivity contribution in [2.75, 3.05) is 19.6 Å². The van der Waals surface area contributed by atoms with Crippen LogP contribution in [0.3, 0.4) is 0 Å². The van der Waals surface area contributed by atoms with Crippen molar-refractivity contribution >= 4 is 11.3 Å². The van der Waals surface area contributed by atoms with Gasteiger partial charge < -0.3 is 10.2 Å². The van der Waals surface area contributed by atoms with Crippen LogP contribution in [0.2, 0.25) is 0 Å². The summed E-state index contributed by atoms with van der Waals surface area (Å²) in [7, 11) is 0. The molecule has 1 aromatic heterocycles. The maximum absolute atomic E-state index is 4.47. The highest BCUT2D eigenvalue weighted by Crippen LogP contribution is 2.25. The molecule has 1 N–H and O–H groups in total. The van der Waals surface area contributed by atoms with Gasteiger partial charge in [0, 0.05) is 17.6 Å². The van der Waals surface area contributed by atoms with Crippen LogP contribution in [0, 0.1) is 5.92 Å². The first-order valence-corrected chi connectivity index (χ1v) is 9.00. The van der Waals surface area contributed by atoms with Gasteiger partial charge in [0.1, 0.15) is 5.01 Å². The Morgan fingerprint density at radius 3 is 2.70 bits per heavy atom. The minimum absolute atomic E-state index is 0.429. The summed E-state index contributed by atoms with van der Waals surface area (Å²) in [4.78, 5) is 7.08. The Morgan fingerprint density at radius 1 is 1.40 bits per heavy atom. The average Bonchev–Trinajstić information content (AvgIpc) is 2.99. The van der Waals surface area contributed by atoms with E-state index in [9.17, 15) is 0 Å². The first-order chi connectivity index (χ1) is 9.74. The molecule has 2 heterocycles. The van der Waals surface area contributed by atoms with Crippen molar-refractivity contribution in [1.82, 2.24) is 15.2 Å². The van der Waals surface area contributed by atoms with Gasteiger partial charge in [-0.05, 0) is 58.2 Å². The Labute approximate surface area is 127 Å². The maximum Gasteiger partial charge on any atom is 0.109 e. The van der Waals surface area contributed by atoms with Gasteiger partial charge in [-0.25, -0.2) is 4.98 Å².